The zero-order valence-electron chi connectivity index (χ0n) is 11.4. The first-order chi connectivity index (χ1) is 8.79. The molecule has 0 unspecified atom stereocenters. The highest BCUT2D eigenvalue weighted by atomic mass is 16.5. The molecular weight excluding hydrogens is 220 g/mol. The van der Waals surface area contributed by atoms with Crippen molar-refractivity contribution in [1.82, 2.24) is 0 Å². The lowest BCUT2D eigenvalue weighted by atomic mass is 9.80. The van der Waals surface area contributed by atoms with Crippen molar-refractivity contribution in [2.24, 2.45) is 0 Å². The summed E-state index contributed by atoms with van der Waals surface area (Å²) in [5, 5.41) is 0. The predicted octanol–water partition coefficient (Wildman–Crippen LogP) is 4.86. The highest BCUT2D eigenvalue weighted by molar-refractivity contribution is 5.30. The van der Waals surface area contributed by atoms with E-state index in [1.807, 2.05) is 6.92 Å². The first-order valence-corrected chi connectivity index (χ1v) is 6.82. The van der Waals surface area contributed by atoms with E-state index in [2.05, 4.69) is 49.4 Å². The van der Waals surface area contributed by atoms with Crippen molar-refractivity contribution < 1.29 is 4.74 Å². The zero-order chi connectivity index (χ0) is 12.8. The van der Waals surface area contributed by atoms with Gasteiger partial charge in [0.15, 0.2) is 0 Å². The molecule has 1 aliphatic carbocycles. The van der Waals surface area contributed by atoms with Gasteiger partial charge in [0.05, 0.1) is 0 Å². The second-order valence-corrected chi connectivity index (χ2v) is 4.94. The predicted molar refractivity (Wildman–Crippen MR) is 77.1 cm³/mol. The summed E-state index contributed by atoms with van der Waals surface area (Å²) < 4.78 is 5.67. The van der Waals surface area contributed by atoms with E-state index >= 15 is 0 Å². The van der Waals surface area contributed by atoms with Gasteiger partial charge in [-0.3, -0.25) is 0 Å². The van der Waals surface area contributed by atoms with E-state index in [4.69, 9.17) is 4.74 Å². The van der Waals surface area contributed by atoms with Gasteiger partial charge in [-0.15, -0.1) is 0 Å². The smallest absolute Gasteiger partial charge is 0.119 e. The summed E-state index contributed by atoms with van der Waals surface area (Å²) in [5.41, 5.74) is 2.73. The highest BCUT2D eigenvalue weighted by Gasteiger charge is 2.18. The van der Waals surface area contributed by atoms with Crippen LogP contribution in [0.3, 0.4) is 0 Å². The van der Waals surface area contributed by atoms with Gasteiger partial charge in [-0.1, -0.05) is 36.3 Å². The third-order valence-electron chi connectivity index (χ3n) is 3.64. The minimum absolute atomic E-state index is 0.633. The van der Waals surface area contributed by atoms with E-state index < -0.39 is 0 Å². The molecule has 0 atom stereocenters. The second-order valence-electron chi connectivity index (χ2n) is 4.94. The molecule has 1 nitrogen and oxygen atoms in total. The van der Waals surface area contributed by atoms with Gasteiger partial charge in [-0.2, -0.15) is 0 Å². The molecule has 1 aromatic carbocycles. The van der Waals surface area contributed by atoms with Crippen molar-refractivity contribution in [3.63, 3.8) is 0 Å². The van der Waals surface area contributed by atoms with Crippen LogP contribution in [0.25, 0.3) is 0 Å². The van der Waals surface area contributed by atoms with Gasteiger partial charge in [0.2, 0.25) is 0 Å². The topological polar surface area (TPSA) is 9.23 Å². The Morgan fingerprint density at radius 1 is 1.28 bits per heavy atom. The van der Waals surface area contributed by atoms with Gasteiger partial charge < -0.3 is 4.74 Å². The van der Waals surface area contributed by atoms with Gasteiger partial charge in [0, 0.05) is 0 Å². The standard InChI is InChI=1S/C17H22O/c1-3-14(2)6-5-13-18-17-11-9-16(10-12-17)15-7-4-8-15/h3,5-6,9-12,15H,4,7-8,13H2,1-2H3/b6-5-,14-3-. The SMILES string of the molecule is C/C=C(C)\C=C/COc1ccc(C2CCC2)cc1. The molecule has 1 saturated carbocycles. The fourth-order valence-electron chi connectivity index (χ4n) is 2.05. The maximum Gasteiger partial charge on any atom is 0.119 e. The number of benzene rings is 1. The molecule has 1 aromatic rings. The second kappa shape index (κ2) is 6.44. The number of hydrogen-bond acceptors (Lipinski definition) is 1. The summed E-state index contributed by atoms with van der Waals surface area (Å²) in [6, 6.07) is 8.59. The van der Waals surface area contributed by atoms with Crippen molar-refractivity contribution in [1.29, 1.82) is 0 Å². The Morgan fingerprint density at radius 3 is 2.56 bits per heavy atom. The summed E-state index contributed by atoms with van der Waals surface area (Å²) in [7, 11) is 0. The van der Waals surface area contributed by atoms with Crippen LogP contribution in [0, 0.1) is 0 Å². The van der Waals surface area contributed by atoms with Gasteiger partial charge >= 0.3 is 0 Å². The van der Waals surface area contributed by atoms with E-state index in [0.717, 1.165) is 11.7 Å². The normalized spacial score (nSPS) is 16.9. The molecule has 0 heterocycles. The zero-order valence-corrected chi connectivity index (χ0v) is 11.4. The molecule has 0 amide bonds. The Labute approximate surface area is 110 Å². The third kappa shape index (κ3) is 3.49. The van der Waals surface area contributed by atoms with Gasteiger partial charge in [0.25, 0.3) is 0 Å². The van der Waals surface area contributed by atoms with Crippen LogP contribution in [0.2, 0.25) is 0 Å². The Morgan fingerprint density at radius 2 is 2.00 bits per heavy atom. The maximum atomic E-state index is 5.67. The van der Waals surface area contributed by atoms with Crippen molar-refractivity contribution in [3.05, 3.63) is 53.6 Å². The van der Waals surface area contributed by atoms with E-state index in [0.29, 0.717) is 6.61 Å². The third-order valence-corrected chi connectivity index (χ3v) is 3.64. The summed E-state index contributed by atoms with van der Waals surface area (Å²) in [4.78, 5) is 0. The lowest BCUT2D eigenvalue weighted by molar-refractivity contribution is 0.362. The van der Waals surface area contributed by atoms with E-state index in [1.165, 1.54) is 30.4 Å². The minimum Gasteiger partial charge on any atom is -0.490 e. The van der Waals surface area contributed by atoms with Crippen LogP contribution >= 0.6 is 0 Å². The average Bonchev–Trinajstić information content (AvgIpc) is 2.34. The van der Waals surface area contributed by atoms with Crippen LogP contribution in [0.1, 0.15) is 44.6 Å². The van der Waals surface area contributed by atoms with Crippen LogP contribution in [0.5, 0.6) is 5.75 Å². The molecule has 1 fully saturated rings. The number of ether oxygens (including phenoxy) is 1. The quantitative estimate of drug-likeness (QED) is 0.670. The number of allylic oxidation sites excluding steroid dienone is 3. The fourth-order valence-corrected chi connectivity index (χ4v) is 2.05. The van der Waals surface area contributed by atoms with E-state index in [9.17, 15) is 0 Å². The molecule has 0 saturated heterocycles. The molecule has 0 radical (unpaired) electrons. The molecular formula is C17H22O. The summed E-state index contributed by atoms with van der Waals surface area (Å²) in [6.45, 7) is 4.76. The molecule has 2 rings (SSSR count). The molecule has 0 aromatic heterocycles. The van der Waals surface area contributed by atoms with Crippen molar-refractivity contribution in [3.8, 4) is 5.75 Å². The Bertz CT molecular complexity index is 421. The van der Waals surface area contributed by atoms with Crippen LogP contribution in [0.4, 0.5) is 0 Å². The summed E-state index contributed by atoms with van der Waals surface area (Å²) in [5.74, 6) is 1.76. The molecule has 0 aliphatic heterocycles. The van der Waals surface area contributed by atoms with Crippen molar-refractivity contribution in [2.45, 2.75) is 39.0 Å². The Balaban J connectivity index is 1.81. The lowest BCUT2D eigenvalue weighted by Gasteiger charge is -2.25. The van der Waals surface area contributed by atoms with Gasteiger partial charge in [0.1, 0.15) is 12.4 Å². The summed E-state index contributed by atoms with van der Waals surface area (Å²) in [6.07, 6.45) is 10.3. The van der Waals surface area contributed by atoms with Crippen LogP contribution < -0.4 is 4.74 Å². The first kappa shape index (κ1) is 12.9. The summed E-state index contributed by atoms with van der Waals surface area (Å²) >= 11 is 0. The van der Waals surface area contributed by atoms with Crippen LogP contribution in [0.15, 0.2) is 48.1 Å². The van der Waals surface area contributed by atoms with Gasteiger partial charge in [-0.25, -0.2) is 0 Å². The highest BCUT2D eigenvalue weighted by Crippen LogP contribution is 2.36. The van der Waals surface area contributed by atoms with Gasteiger partial charge in [-0.05, 0) is 56.4 Å². The van der Waals surface area contributed by atoms with E-state index in [1.54, 1.807) is 0 Å². The molecule has 1 heteroatoms. The molecule has 0 N–H and O–H groups in total. The number of hydrogen-bond donors (Lipinski definition) is 0. The fraction of sp³-hybridized carbons (Fsp3) is 0.412. The molecule has 0 spiro atoms. The van der Waals surface area contributed by atoms with Crippen molar-refractivity contribution in [2.75, 3.05) is 6.61 Å². The van der Waals surface area contributed by atoms with Crippen molar-refractivity contribution >= 4 is 0 Å². The number of rotatable bonds is 5. The molecule has 1 aliphatic rings. The van der Waals surface area contributed by atoms with E-state index in [-0.39, 0.29) is 0 Å². The molecule has 96 valence electrons. The Hall–Kier alpha value is -1.50. The first-order valence-electron chi connectivity index (χ1n) is 6.82. The van der Waals surface area contributed by atoms with Crippen LogP contribution in [-0.2, 0) is 0 Å². The largest absolute Gasteiger partial charge is 0.490 e. The molecule has 18 heavy (non-hydrogen) atoms. The maximum absolute atomic E-state index is 5.67. The minimum atomic E-state index is 0.633. The lowest BCUT2D eigenvalue weighted by Crippen LogP contribution is -2.08. The van der Waals surface area contributed by atoms with Crippen LogP contribution in [-0.4, -0.2) is 6.61 Å². The Kier molecular flexibility index (Phi) is 4.63. The monoisotopic (exact) mass is 242 g/mol. The molecule has 0 bridgehead atoms. The average molecular weight is 242 g/mol.